The molecule has 0 saturated heterocycles. The lowest BCUT2D eigenvalue weighted by molar-refractivity contribution is 0.673. The van der Waals surface area contributed by atoms with Gasteiger partial charge < -0.3 is 9.32 Å². The highest BCUT2D eigenvalue weighted by Gasteiger charge is 2.21. The van der Waals surface area contributed by atoms with Crippen LogP contribution >= 0.6 is 11.3 Å². The van der Waals surface area contributed by atoms with E-state index in [0.717, 1.165) is 55.5 Å². The van der Waals surface area contributed by atoms with Crippen molar-refractivity contribution in [3.8, 4) is 33.4 Å². The Labute approximate surface area is 345 Å². The highest BCUT2D eigenvalue weighted by molar-refractivity contribution is 7.25. The van der Waals surface area contributed by atoms with Crippen LogP contribution in [0.3, 0.4) is 0 Å². The number of nitrogens with zero attached hydrogens (tertiary/aromatic N) is 1. The number of fused-ring (bicyclic) bond motifs is 9. The zero-order valence-electron chi connectivity index (χ0n) is 32.0. The van der Waals surface area contributed by atoms with Crippen LogP contribution in [0.5, 0.6) is 0 Å². The van der Waals surface area contributed by atoms with Crippen LogP contribution in [0.2, 0.25) is 0 Å². The molecule has 0 unspecified atom stereocenters. The Balaban J connectivity index is 1.02. The molecule has 0 radical (unpaired) electrons. The van der Waals surface area contributed by atoms with Crippen LogP contribution in [0.15, 0.2) is 217 Å². The van der Waals surface area contributed by atoms with Gasteiger partial charge in [0.05, 0.1) is 5.69 Å². The molecule has 12 rings (SSSR count). The molecule has 3 heteroatoms. The molecule has 10 aromatic carbocycles. The van der Waals surface area contributed by atoms with Crippen molar-refractivity contribution < 1.29 is 4.42 Å². The van der Waals surface area contributed by atoms with Crippen molar-refractivity contribution in [3.63, 3.8) is 0 Å². The summed E-state index contributed by atoms with van der Waals surface area (Å²) >= 11 is 1.86. The maximum absolute atomic E-state index is 6.67. The summed E-state index contributed by atoms with van der Waals surface area (Å²) in [6, 6.07) is 77.0. The van der Waals surface area contributed by atoms with Gasteiger partial charge in [0.1, 0.15) is 11.2 Å². The second kappa shape index (κ2) is 13.6. The fraction of sp³-hybridized carbons (Fsp3) is 0. The molecule has 2 heterocycles. The van der Waals surface area contributed by atoms with E-state index in [2.05, 4.69) is 217 Å². The van der Waals surface area contributed by atoms with E-state index in [-0.39, 0.29) is 0 Å². The third kappa shape index (κ3) is 5.55. The molecule has 0 bridgehead atoms. The first-order valence-corrected chi connectivity index (χ1v) is 20.9. The van der Waals surface area contributed by atoms with Crippen molar-refractivity contribution in [2.75, 3.05) is 4.90 Å². The van der Waals surface area contributed by atoms with Crippen molar-refractivity contribution in [1.29, 1.82) is 0 Å². The van der Waals surface area contributed by atoms with Gasteiger partial charge in [0.2, 0.25) is 0 Å². The van der Waals surface area contributed by atoms with Crippen LogP contribution in [0.25, 0.3) is 97.0 Å². The van der Waals surface area contributed by atoms with Crippen molar-refractivity contribution in [2.24, 2.45) is 0 Å². The first-order valence-electron chi connectivity index (χ1n) is 20.1. The highest BCUT2D eigenvalue weighted by Crippen LogP contribution is 2.46. The quantitative estimate of drug-likeness (QED) is 0.167. The standard InChI is InChI=1S/C56H35NOS/c1-3-14-43-37(11-1)13-9-18-44(43)39-25-31-42(32-26-39)57(41-29-23-36(24-30-41)40-28-34-54-50(35-40)47-17-6-8-22-53(47)59-54)51-20-7-5-16-46(51)48-19-10-21-52-55(48)49-33-27-38-12-2-4-15-45(38)56(49)58-52/h1-35H. The molecule has 0 saturated carbocycles. The summed E-state index contributed by atoms with van der Waals surface area (Å²) in [6.07, 6.45) is 0. The molecule has 0 fully saturated rings. The summed E-state index contributed by atoms with van der Waals surface area (Å²) in [4.78, 5) is 2.40. The number of para-hydroxylation sites is 1. The molecule has 0 amide bonds. The summed E-state index contributed by atoms with van der Waals surface area (Å²) in [6.45, 7) is 0. The smallest absolute Gasteiger partial charge is 0.143 e. The minimum absolute atomic E-state index is 0.884. The van der Waals surface area contributed by atoms with Gasteiger partial charge in [-0.05, 0) is 105 Å². The minimum Gasteiger partial charge on any atom is -0.455 e. The Bertz CT molecular complexity index is 3550. The minimum atomic E-state index is 0.884. The maximum Gasteiger partial charge on any atom is 0.143 e. The Hall–Kier alpha value is -7.46. The van der Waals surface area contributed by atoms with E-state index in [1.807, 2.05) is 11.3 Å². The van der Waals surface area contributed by atoms with Gasteiger partial charge in [-0.1, -0.05) is 152 Å². The molecule has 276 valence electrons. The number of hydrogen-bond acceptors (Lipinski definition) is 3. The van der Waals surface area contributed by atoms with Crippen molar-refractivity contribution in [2.45, 2.75) is 0 Å². The molecule has 0 spiro atoms. The van der Waals surface area contributed by atoms with Crippen LogP contribution in [0.1, 0.15) is 0 Å². The van der Waals surface area contributed by atoms with Crippen LogP contribution in [0.4, 0.5) is 17.1 Å². The summed E-state index contributed by atoms with van der Waals surface area (Å²) in [5, 5.41) is 9.66. The van der Waals surface area contributed by atoms with Crippen LogP contribution in [-0.4, -0.2) is 0 Å². The van der Waals surface area contributed by atoms with Crippen molar-refractivity contribution in [1.82, 2.24) is 0 Å². The zero-order valence-corrected chi connectivity index (χ0v) is 32.8. The first kappa shape index (κ1) is 33.7. The second-order valence-electron chi connectivity index (χ2n) is 15.2. The maximum atomic E-state index is 6.67. The van der Waals surface area contributed by atoms with Gasteiger partial charge in [-0.3, -0.25) is 0 Å². The molecule has 0 N–H and O–H groups in total. The number of rotatable bonds is 6. The van der Waals surface area contributed by atoms with E-state index in [1.165, 1.54) is 58.6 Å². The van der Waals surface area contributed by atoms with Crippen LogP contribution < -0.4 is 4.90 Å². The van der Waals surface area contributed by atoms with E-state index >= 15 is 0 Å². The number of benzene rings is 10. The largest absolute Gasteiger partial charge is 0.455 e. The Morgan fingerprint density at radius 3 is 1.78 bits per heavy atom. The molecule has 2 aromatic heterocycles. The normalized spacial score (nSPS) is 11.7. The van der Waals surface area contributed by atoms with Gasteiger partial charge in [-0.2, -0.15) is 0 Å². The molecule has 2 nitrogen and oxygen atoms in total. The summed E-state index contributed by atoms with van der Waals surface area (Å²) in [7, 11) is 0. The monoisotopic (exact) mass is 769 g/mol. The lowest BCUT2D eigenvalue weighted by Gasteiger charge is -2.28. The fourth-order valence-electron chi connectivity index (χ4n) is 9.08. The SMILES string of the molecule is c1ccc(N(c2ccc(-c3ccc4sc5ccccc5c4c3)cc2)c2ccc(-c3cccc4ccccc34)cc2)c(-c2cccc3oc4c5ccccc5ccc4c23)c1. The lowest BCUT2D eigenvalue weighted by atomic mass is 9.95. The molecule has 0 aliphatic rings. The fourth-order valence-corrected chi connectivity index (χ4v) is 10.2. The number of hydrogen-bond donors (Lipinski definition) is 0. The third-order valence-corrected chi connectivity index (χ3v) is 13.0. The van der Waals surface area contributed by atoms with Crippen LogP contribution in [-0.2, 0) is 0 Å². The van der Waals surface area contributed by atoms with E-state index in [1.54, 1.807) is 0 Å². The van der Waals surface area contributed by atoms with E-state index in [0.29, 0.717) is 0 Å². The molecule has 59 heavy (non-hydrogen) atoms. The van der Waals surface area contributed by atoms with Gasteiger partial charge >= 0.3 is 0 Å². The van der Waals surface area contributed by atoms with E-state index in [4.69, 9.17) is 4.42 Å². The van der Waals surface area contributed by atoms with Crippen molar-refractivity contribution >= 4 is 92.1 Å². The average Bonchev–Trinajstić information content (AvgIpc) is 3.88. The lowest BCUT2D eigenvalue weighted by Crippen LogP contribution is -2.11. The molecule has 12 aromatic rings. The Morgan fingerprint density at radius 2 is 0.949 bits per heavy atom. The molecule has 0 aliphatic heterocycles. The van der Waals surface area contributed by atoms with Gasteiger partial charge in [0, 0.05) is 53.3 Å². The first-order chi connectivity index (χ1) is 29.2. The zero-order chi connectivity index (χ0) is 38.9. The average molecular weight is 770 g/mol. The molecule has 0 atom stereocenters. The number of anilines is 3. The number of thiophene rings is 1. The molecular weight excluding hydrogens is 735 g/mol. The van der Waals surface area contributed by atoms with Gasteiger partial charge in [-0.25, -0.2) is 0 Å². The molecular formula is C56H35NOS. The Kier molecular flexibility index (Phi) is 7.75. The van der Waals surface area contributed by atoms with E-state index < -0.39 is 0 Å². The predicted molar refractivity (Wildman–Crippen MR) is 253 cm³/mol. The number of furan rings is 1. The van der Waals surface area contributed by atoms with Gasteiger partial charge in [0.25, 0.3) is 0 Å². The topological polar surface area (TPSA) is 16.4 Å². The third-order valence-electron chi connectivity index (χ3n) is 11.9. The Morgan fingerprint density at radius 1 is 0.356 bits per heavy atom. The van der Waals surface area contributed by atoms with Gasteiger partial charge in [-0.15, -0.1) is 11.3 Å². The summed E-state index contributed by atoms with van der Waals surface area (Å²) < 4.78 is 9.31. The summed E-state index contributed by atoms with van der Waals surface area (Å²) in [5.74, 6) is 0. The second-order valence-corrected chi connectivity index (χ2v) is 16.3. The van der Waals surface area contributed by atoms with Crippen molar-refractivity contribution in [3.05, 3.63) is 212 Å². The predicted octanol–water partition coefficient (Wildman–Crippen LogP) is 16.7. The highest BCUT2D eigenvalue weighted by atomic mass is 32.1. The molecule has 0 aliphatic carbocycles. The van der Waals surface area contributed by atoms with Gasteiger partial charge in [0.15, 0.2) is 0 Å². The summed E-state index contributed by atoms with van der Waals surface area (Å²) in [5.41, 5.74) is 12.1. The van der Waals surface area contributed by atoms with E-state index in [9.17, 15) is 0 Å². The van der Waals surface area contributed by atoms with Crippen LogP contribution in [0, 0.1) is 0 Å².